The maximum atomic E-state index is 13.8. The van der Waals surface area contributed by atoms with Crippen molar-refractivity contribution in [3.05, 3.63) is 69.8 Å². The van der Waals surface area contributed by atoms with Gasteiger partial charge in [-0.2, -0.15) is 0 Å². The molecule has 9 heteroatoms. The summed E-state index contributed by atoms with van der Waals surface area (Å²) in [5.41, 5.74) is 1.87. The molecule has 8 nitrogen and oxygen atoms in total. The third kappa shape index (κ3) is 4.95. The number of hydrogen-bond acceptors (Lipinski definition) is 6. The molecule has 1 saturated heterocycles. The van der Waals surface area contributed by atoms with E-state index in [2.05, 4.69) is 5.32 Å². The van der Waals surface area contributed by atoms with Crippen molar-refractivity contribution in [2.24, 2.45) is 0 Å². The Balaban J connectivity index is 1.39. The van der Waals surface area contributed by atoms with Gasteiger partial charge in [-0.1, -0.05) is 12.1 Å². The molecule has 0 bridgehead atoms. The van der Waals surface area contributed by atoms with Gasteiger partial charge in [0.05, 0.1) is 18.7 Å². The second-order valence-corrected chi connectivity index (χ2v) is 8.80. The number of fused-ring (bicyclic) bond motifs is 2. The number of piperidine rings is 1. The van der Waals surface area contributed by atoms with Gasteiger partial charge in [-0.25, -0.2) is 9.18 Å². The first-order valence-corrected chi connectivity index (χ1v) is 11.9. The van der Waals surface area contributed by atoms with E-state index in [9.17, 15) is 14.0 Å². The summed E-state index contributed by atoms with van der Waals surface area (Å²) < 4.78 is 31.6. The van der Waals surface area contributed by atoms with Crippen LogP contribution >= 0.6 is 0 Å². The fraction of sp³-hybridized carbons (Fsp3) is 0.385. The molecule has 35 heavy (non-hydrogen) atoms. The molecule has 184 valence electrons. The Labute approximate surface area is 202 Å². The van der Waals surface area contributed by atoms with Crippen molar-refractivity contribution in [2.75, 3.05) is 26.5 Å². The Kier molecular flexibility index (Phi) is 6.59. The Morgan fingerprint density at radius 3 is 2.66 bits per heavy atom. The highest BCUT2D eigenvalue weighted by Gasteiger charge is 2.24. The van der Waals surface area contributed by atoms with Crippen LogP contribution in [0.25, 0.3) is 10.9 Å². The predicted octanol–water partition coefficient (Wildman–Crippen LogP) is 3.63. The van der Waals surface area contributed by atoms with Crippen molar-refractivity contribution < 1.29 is 23.4 Å². The second-order valence-electron chi connectivity index (χ2n) is 8.80. The molecular formula is C26H28FN3O5. The van der Waals surface area contributed by atoms with Crippen molar-refractivity contribution in [3.8, 4) is 11.5 Å². The van der Waals surface area contributed by atoms with Gasteiger partial charge in [0, 0.05) is 42.7 Å². The standard InChI is InChI=1S/C26H28FN3O5/c1-2-33-26(32)29-8-6-21(7-9-29)28-14-19-11-18-12-23-24(35-16-34-23)13-22(18)30(25(19)31)15-17-4-3-5-20(27)10-17/h3-5,10-13,21,28H,2,6-9,14-16H2,1H3. The average Bonchev–Trinajstić information content (AvgIpc) is 3.31. The zero-order valence-electron chi connectivity index (χ0n) is 19.6. The van der Waals surface area contributed by atoms with Crippen molar-refractivity contribution >= 4 is 17.0 Å². The summed E-state index contributed by atoms with van der Waals surface area (Å²) in [5, 5.41) is 4.33. The van der Waals surface area contributed by atoms with Crippen molar-refractivity contribution in [1.82, 2.24) is 14.8 Å². The molecule has 0 unspecified atom stereocenters. The fourth-order valence-corrected chi connectivity index (χ4v) is 4.67. The number of nitrogens with one attached hydrogen (secondary N) is 1. The molecule has 1 amide bonds. The first-order chi connectivity index (χ1) is 17.0. The van der Waals surface area contributed by atoms with Gasteiger partial charge < -0.3 is 29.0 Å². The van der Waals surface area contributed by atoms with Crippen LogP contribution in [0.2, 0.25) is 0 Å². The number of carbonyl (C=O) groups excluding carboxylic acids is 1. The third-order valence-electron chi connectivity index (χ3n) is 6.49. The molecule has 1 aromatic heterocycles. The minimum Gasteiger partial charge on any atom is -0.454 e. The summed E-state index contributed by atoms with van der Waals surface area (Å²) in [6.45, 7) is 4.14. The van der Waals surface area contributed by atoms with Gasteiger partial charge in [0.25, 0.3) is 5.56 Å². The Bertz CT molecular complexity index is 1300. The summed E-state index contributed by atoms with van der Waals surface area (Å²) in [5.74, 6) is 0.882. The van der Waals surface area contributed by atoms with Gasteiger partial charge in [-0.3, -0.25) is 4.79 Å². The molecule has 0 saturated carbocycles. The highest BCUT2D eigenvalue weighted by Crippen LogP contribution is 2.36. The number of benzene rings is 2. The van der Waals surface area contributed by atoms with Crippen molar-refractivity contribution in [3.63, 3.8) is 0 Å². The third-order valence-corrected chi connectivity index (χ3v) is 6.49. The molecule has 5 rings (SSSR count). The normalized spacial score (nSPS) is 15.5. The van der Waals surface area contributed by atoms with Gasteiger partial charge in [-0.15, -0.1) is 0 Å². The Hall–Kier alpha value is -3.59. The van der Waals surface area contributed by atoms with E-state index in [-0.39, 0.29) is 36.8 Å². The Morgan fingerprint density at radius 2 is 1.91 bits per heavy atom. The minimum atomic E-state index is -0.343. The molecule has 2 aliphatic rings. The molecule has 3 heterocycles. The summed E-state index contributed by atoms with van der Waals surface area (Å²) in [7, 11) is 0. The van der Waals surface area contributed by atoms with E-state index in [0.717, 1.165) is 18.2 Å². The second kappa shape index (κ2) is 9.95. The summed E-state index contributed by atoms with van der Waals surface area (Å²) in [6, 6.07) is 12.0. The van der Waals surface area contributed by atoms with Crippen LogP contribution in [0.15, 0.2) is 47.3 Å². The lowest BCUT2D eigenvalue weighted by Crippen LogP contribution is -2.45. The zero-order valence-corrected chi connectivity index (χ0v) is 19.6. The molecule has 2 aromatic carbocycles. The lowest BCUT2D eigenvalue weighted by atomic mass is 10.0. The number of carbonyl (C=O) groups is 1. The smallest absolute Gasteiger partial charge is 0.409 e. The van der Waals surface area contributed by atoms with E-state index in [1.807, 2.05) is 12.1 Å². The summed E-state index contributed by atoms with van der Waals surface area (Å²) in [4.78, 5) is 27.2. The maximum Gasteiger partial charge on any atom is 0.409 e. The predicted molar refractivity (Wildman–Crippen MR) is 128 cm³/mol. The highest BCUT2D eigenvalue weighted by atomic mass is 19.1. The van der Waals surface area contributed by atoms with E-state index < -0.39 is 0 Å². The van der Waals surface area contributed by atoms with Gasteiger partial charge in [-0.05, 0) is 49.6 Å². The van der Waals surface area contributed by atoms with E-state index >= 15 is 0 Å². The zero-order chi connectivity index (χ0) is 24.4. The molecule has 0 atom stereocenters. The lowest BCUT2D eigenvalue weighted by molar-refractivity contribution is 0.0950. The maximum absolute atomic E-state index is 13.8. The fourth-order valence-electron chi connectivity index (χ4n) is 4.67. The van der Waals surface area contributed by atoms with Gasteiger partial charge in [0.2, 0.25) is 6.79 Å². The topological polar surface area (TPSA) is 82.0 Å². The number of pyridine rings is 1. The van der Waals surface area contributed by atoms with Gasteiger partial charge >= 0.3 is 6.09 Å². The van der Waals surface area contributed by atoms with E-state index in [1.54, 1.807) is 34.6 Å². The molecule has 0 radical (unpaired) electrons. The lowest BCUT2D eigenvalue weighted by Gasteiger charge is -2.31. The average molecular weight is 482 g/mol. The molecule has 3 aromatic rings. The number of aromatic nitrogens is 1. The van der Waals surface area contributed by atoms with Gasteiger partial charge in [0.1, 0.15) is 5.82 Å². The van der Waals surface area contributed by atoms with Crippen LogP contribution in [-0.2, 0) is 17.8 Å². The molecule has 2 aliphatic heterocycles. The first kappa shape index (κ1) is 23.2. The Morgan fingerprint density at radius 1 is 1.14 bits per heavy atom. The molecular weight excluding hydrogens is 453 g/mol. The quantitative estimate of drug-likeness (QED) is 0.579. The molecule has 1 fully saturated rings. The van der Waals surface area contributed by atoms with Crippen LogP contribution in [0.4, 0.5) is 9.18 Å². The van der Waals surface area contributed by atoms with Crippen molar-refractivity contribution in [1.29, 1.82) is 0 Å². The van der Waals surface area contributed by atoms with Crippen LogP contribution < -0.4 is 20.3 Å². The minimum absolute atomic E-state index is 0.138. The molecule has 1 N–H and O–H groups in total. The van der Waals surface area contributed by atoms with Crippen LogP contribution in [0.5, 0.6) is 11.5 Å². The van der Waals surface area contributed by atoms with Gasteiger partial charge in [0.15, 0.2) is 11.5 Å². The number of likely N-dealkylation sites (tertiary alicyclic amines) is 1. The summed E-state index contributed by atoms with van der Waals surface area (Å²) >= 11 is 0. The molecule has 0 spiro atoms. The van der Waals surface area contributed by atoms with E-state index in [0.29, 0.717) is 54.4 Å². The molecule has 0 aliphatic carbocycles. The number of amides is 1. The number of ether oxygens (including phenoxy) is 3. The van der Waals surface area contributed by atoms with Crippen molar-refractivity contribution in [2.45, 2.75) is 38.9 Å². The number of hydrogen-bond donors (Lipinski definition) is 1. The van der Waals surface area contributed by atoms with Crippen LogP contribution in [0.3, 0.4) is 0 Å². The summed E-state index contributed by atoms with van der Waals surface area (Å²) in [6.07, 6.45) is 1.28. The largest absolute Gasteiger partial charge is 0.454 e. The van der Waals surface area contributed by atoms with E-state index in [1.165, 1.54) is 12.1 Å². The first-order valence-electron chi connectivity index (χ1n) is 11.9. The monoisotopic (exact) mass is 481 g/mol. The SMILES string of the molecule is CCOC(=O)N1CCC(NCc2cc3cc4c(cc3n(Cc3cccc(F)c3)c2=O)OCO4)CC1. The van der Waals surface area contributed by atoms with Crippen LogP contribution in [0, 0.1) is 5.82 Å². The van der Waals surface area contributed by atoms with Crippen LogP contribution in [0.1, 0.15) is 30.9 Å². The number of halogens is 1. The van der Waals surface area contributed by atoms with Crippen LogP contribution in [-0.4, -0.2) is 48.1 Å². The highest BCUT2D eigenvalue weighted by molar-refractivity contribution is 5.84. The number of rotatable bonds is 6. The number of nitrogens with zero attached hydrogens (tertiary/aromatic N) is 2. The van der Waals surface area contributed by atoms with E-state index in [4.69, 9.17) is 14.2 Å².